The largest absolute Gasteiger partial charge is 0.423 e. The number of piperazine rings is 1. The van der Waals surface area contributed by atoms with E-state index in [1.807, 2.05) is 6.20 Å². The number of H-pyrrole nitrogens is 1. The Kier molecular flexibility index (Phi) is 8.07. The molecule has 2 aromatic rings. The molecule has 10 nitrogen and oxygen atoms in total. The van der Waals surface area contributed by atoms with Gasteiger partial charge in [0.15, 0.2) is 0 Å². The molecule has 0 saturated carbocycles. The summed E-state index contributed by atoms with van der Waals surface area (Å²) in [5, 5.41) is 7.82. The first-order chi connectivity index (χ1) is 17.2. The summed E-state index contributed by atoms with van der Waals surface area (Å²) in [7, 11) is 0. The van der Waals surface area contributed by atoms with Crippen LogP contribution < -0.4 is 15.8 Å². The zero-order valence-corrected chi connectivity index (χ0v) is 20.1. The van der Waals surface area contributed by atoms with Gasteiger partial charge in [-0.25, -0.2) is 15.1 Å². The highest BCUT2D eigenvalue weighted by Gasteiger charge is 2.37. The Labute approximate surface area is 206 Å². The second-order valence-corrected chi connectivity index (χ2v) is 9.07. The van der Waals surface area contributed by atoms with Crippen molar-refractivity contribution in [2.24, 2.45) is 0 Å². The minimum absolute atomic E-state index is 0.0419. The maximum absolute atomic E-state index is 13.1. The number of rotatable bonds is 8. The molecule has 1 aliphatic heterocycles. The van der Waals surface area contributed by atoms with Gasteiger partial charge in [0, 0.05) is 44.1 Å². The summed E-state index contributed by atoms with van der Waals surface area (Å²) in [5.41, 5.74) is -0.697. The van der Waals surface area contributed by atoms with Gasteiger partial charge in [0.05, 0.1) is 31.5 Å². The number of aromatic nitrogens is 4. The molecule has 3 heterocycles. The van der Waals surface area contributed by atoms with Gasteiger partial charge in [0.1, 0.15) is 5.56 Å². The van der Waals surface area contributed by atoms with Gasteiger partial charge in [-0.15, -0.1) is 0 Å². The minimum Gasteiger partial charge on any atom is -0.379 e. The number of aromatic amines is 1. The predicted molar refractivity (Wildman–Crippen MR) is 126 cm³/mol. The van der Waals surface area contributed by atoms with Gasteiger partial charge < -0.3 is 19.9 Å². The van der Waals surface area contributed by atoms with Crippen LogP contribution in [0.1, 0.15) is 43.0 Å². The van der Waals surface area contributed by atoms with Gasteiger partial charge >= 0.3 is 6.18 Å². The number of alkyl halides is 3. The first-order valence-corrected chi connectivity index (χ1v) is 12.1. The molecule has 1 saturated heterocycles. The van der Waals surface area contributed by atoms with E-state index in [0.29, 0.717) is 26.2 Å². The van der Waals surface area contributed by atoms with E-state index in [2.05, 4.69) is 20.3 Å². The monoisotopic (exact) mass is 509 g/mol. The Morgan fingerprint density at radius 2 is 1.94 bits per heavy atom. The van der Waals surface area contributed by atoms with Crippen LogP contribution in [-0.2, 0) is 28.5 Å². The van der Waals surface area contributed by atoms with Crippen LogP contribution in [0.15, 0.2) is 17.2 Å². The zero-order chi connectivity index (χ0) is 25.7. The number of hydrogen-bond donors (Lipinski definition) is 2. The van der Waals surface area contributed by atoms with Crippen LogP contribution in [0.4, 0.5) is 24.8 Å². The molecule has 0 bridgehead atoms. The Balaban J connectivity index is 1.18. The lowest BCUT2D eigenvalue weighted by atomic mass is 9.98. The number of carbonyl (C=O) groups is 1. The molecule has 1 amide bonds. The summed E-state index contributed by atoms with van der Waals surface area (Å²) in [6, 6.07) is -0.537. The highest BCUT2D eigenvalue weighted by Crippen LogP contribution is 2.31. The maximum atomic E-state index is 13.1. The van der Waals surface area contributed by atoms with Crippen LogP contribution in [0.3, 0.4) is 0 Å². The van der Waals surface area contributed by atoms with Gasteiger partial charge in [-0.1, -0.05) is 0 Å². The molecule has 13 heteroatoms. The fourth-order valence-electron chi connectivity index (χ4n) is 4.45. The van der Waals surface area contributed by atoms with Gasteiger partial charge in [0.25, 0.3) is 5.56 Å². The standard InChI is InChI=1S/C23H30F3N7O3/c1-15(29-18-13-28-31-21(35)20(18)23(24,25)26)14-36-11-6-19(34)32-7-9-33(10-8-32)22-27-12-16-4-2-3-5-17(16)30-22/h12-13,15H,2-11,14H2,1H3,(H2,29,31,35)/t15-/m0/s1. The molecular formula is C23H30F3N7O3. The second-order valence-electron chi connectivity index (χ2n) is 9.07. The summed E-state index contributed by atoms with van der Waals surface area (Å²) in [5.74, 6) is 0.677. The van der Waals surface area contributed by atoms with E-state index < -0.39 is 29.0 Å². The molecule has 2 aromatic heterocycles. The van der Waals surface area contributed by atoms with Crippen molar-refractivity contribution in [2.45, 2.75) is 51.2 Å². The SMILES string of the molecule is C[C@@H](COCCC(=O)N1CCN(c2ncc3c(n2)CCCC3)CC1)Nc1cn[nH]c(=O)c1C(F)(F)F. The molecule has 0 unspecified atom stereocenters. The van der Waals surface area contributed by atoms with Crippen molar-refractivity contribution in [1.29, 1.82) is 0 Å². The number of nitrogens with one attached hydrogen (secondary N) is 2. The molecule has 0 spiro atoms. The predicted octanol–water partition coefficient (Wildman–Crippen LogP) is 2.01. The molecular weight excluding hydrogens is 479 g/mol. The van der Waals surface area contributed by atoms with E-state index in [-0.39, 0.29) is 25.5 Å². The first kappa shape index (κ1) is 25.9. The third kappa shape index (κ3) is 6.31. The minimum atomic E-state index is -4.82. The summed E-state index contributed by atoms with van der Waals surface area (Å²) in [4.78, 5) is 37.2. The summed E-state index contributed by atoms with van der Waals surface area (Å²) in [6.45, 7) is 4.24. The summed E-state index contributed by atoms with van der Waals surface area (Å²) < 4.78 is 44.9. The molecule has 196 valence electrons. The third-order valence-corrected chi connectivity index (χ3v) is 6.34. The van der Waals surface area contributed by atoms with E-state index in [1.54, 1.807) is 16.9 Å². The normalized spacial score (nSPS) is 17.0. The average Bonchev–Trinajstić information content (AvgIpc) is 2.85. The Hall–Kier alpha value is -3.22. The molecule has 2 aliphatic rings. The Morgan fingerprint density at radius 1 is 1.19 bits per heavy atom. The lowest BCUT2D eigenvalue weighted by Gasteiger charge is -2.35. The van der Waals surface area contributed by atoms with Crippen molar-refractivity contribution < 1.29 is 22.7 Å². The van der Waals surface area contributed by atoms with Crippen LogP contribution in [0.25, 0.3) is 0 Å². The average molecular weight is 510 g/mol. The van der Waals surface area contributed by atoms with E-state index in [1.165, 1.54) is 12.0 Å². The number of hydrogen-bond acceptors (Lipinski definition) is 8. The number of fused-ring (bicyclic) bond motifs is 1. The van der Waals surface area contributed by atoms with Gasteiger partial charge in [-0.05, 0) is 38.2 Å². The van der Waals surface area contributed by atoms with Crippen molar-refractivity contribution in [3.05, 3.63) is 39.6 Å². The fourth-order valence-corrected chi connectivity index (χ4v) is 4.45. The molecule has 4 rings (SSSR count). The van der Waals surface area contributed by atoms with E-state index in [9.17, 15) is 22.8 Å². The van der Waals surface area contributed by atoms with Crippen molar-refractivity contribution in [3.8, 4) is 0 Å². The maximum Gasteiger partial charge on any atom is 0.423 e. The summed E-state index contributed by atoms with van der Waals surface area (Å²) in [6.07, 6.45) is 2.55. The van der Waals surface area contributed by atoms with E-state index in [4.69, 9.17) is 9.72 Å². The van der Waals surface area contributed by atoms with Crippen LogP contribution in [0, 0.1) is 0 Å². The second kappa shape index (κ2) is 11.2. The molecule has 1 atom stereocenters. The molecule has 0 radical (unpaired) electrons. The molecule has 0 aromatic carbocycles. The number of amides is 1. The molecule has 1 aliphatic carbocycles. The highest BCUT2D eigenvalue weighted by atomic mass is 19.4. The van der Waals surface area contributed by atoms with Crippen LogP contribution >= 0.6 is 0 Å². The van der Waals surface area contributed by atoms with Gasteiger partial charge in [-0.3, -0.25) is 9.59 Å². The van der Waals surface area contributed by atoms with Crippen molar-refractivity contribution in [2.75, 3.05) is 49.6 Å². The fraction of sp³-hybridized carbons (Fsp3) is 0.609. The van der Waals surface area contributed by atoms with Crippen molar-refractivity contribution in [1.82, 2.24) is 25.1 Å². The summed E-state index contributed by atoms with van der Waals surface area (Å²) >= 11 is 0. The van der Waals surface area contributed by atoms with E-state index in [0.717, 1.165) is 37.1 Å². The number of aryl methyl sites for hydroxylation is 2. The molecule has 1 fully saturated rings. The number of ether oxygens (including phenoxy) is 1. The number of halogens is 3. The third-order valence-electron chi connectivity index (χ3n) is 6.34. The highest BCUT2D eigenvalue weighted by molar-refractivity contribution is 5.76. The number of carbonyl (C=O) groups excluding carboxylic acids is 1. The zero-order valence-electron chi connectivity index (χ0n) is 20.1. The first-order valence-electron chi connectivity index (χ1n) is 12.1. The van der Waals surface area contributed by atoms with Crippen LogP contribution in [0.5, 0.6) is 0 Å². The smallest absolute Gasteiger partial charge is 0.379 e. The van der Waals surface area contributed by atoms with E-state index >= 15 is 0 Å². The van der Waals surface area contributed by atoms with Crippen LogP contribution in [-0.4, -0.2) is 76.4 Å². The Bertz CT molecular complexity index is 1120. The molecule has 2 N–H and O–H groups in total. The van der Waals surface area contributed by atoms with Gasteiger partial charge in [0.2, 0.25) is 11.9 Å². The van der Waals surface area contributed by atoms with Crippen LogP contribution in [0.2, 0.25) is 0 Å². The quantitative estimate of drug-likeness (QED) is 0.520. The topological polar surface area (TPSA) is 116 Å². The van der Waals surface area contributed by atoms with Crippen molar-refractivity contribution in [3.63, 3.8) is 0 Å². The number of nitrogens with zero attached hydrogens (tertiary/aromatic N) is 5. The van der Waals surface area contributed by atoms with Gasteiger partial charge in [-0.2, -0.15) is 18.3 Å². The lowest BCUT2D eigenvalue weighted by Crippen LogP contribution is -2.49. The Morgan fingerprint density at radius 3 is 2.69 bits per heavy atom. The van der Waals surface area contributed by atoms with Crippen molar-refractivity contribution >= 4 is 17.5 Å². The number of anilines is 2. The molecule has 36 heavy (non-hydrogen) atoms. The lowest BCUT2D eigenvalue weighted by molar-refractivity contribution is -0.138.